The Morgan fingerprint density at radius 3 is 2.58 bits per heavy atom. The fraction of sp³-hybridized carbons (Fsp3) is 0.368. The van der Waals surface area contributed by atoms with Gasteiger partial charge in [-0.25, -0.2) is 13.1 Å². The van der Waals surface area contributed by atoms with Crippen LogP contribution in [-0.4, -0.2) is 46.7 Å². The molecular formula is C19H24N2O4S. The van der Waals surface area contributed by atoms with Crippen LogP contribution in [0.3, 0.4) is 0 Å². The summed E-state index contributed by atoms with van der Waals surface area (Å²) in [7, 11) is -0.737. The first kappa shape index (κ1) is 18.7. The summed E-state index contributed by atoms with van der Waals surface area (Å²) >= 11 is 0. The third-order valence-electron chi connectivity index (χ3n) is 4.50. The molecule has 7 heteroatoms. The summed E-state index contributed by atoms with van der Waals surface area (Å²) < 4.78 is 38.8. The van der Waals surface area contributed by atoms with E-state index in [2.05, 4.69) is 21.8 Å². The van der Waals surface area contributed by atoms with Crippen molar-refractivity contribution >= 4 is 10.0 Å². The van der Waals surface area contributed by atoms with Gasteiger partial charge in [0, 0.05) is 31.7 Å². The van der Waals surface area contributed by atoms with Gasteiger partial charge in [0.2, 0.25) is 10.0 Å². The number of hydrogen-bond donors (Lipinski definition) is 1. The van der Waals surface area contributed by atoms with E-state index in [1.807, 2.05) is 18.2 Å². The second kappa shape index (κ2) is 8.07. The molecule has 0 aromatic heterocycles. The average Bonchev–Trinajstić information content (AvgIpc) is 3.08. The largest absolute Gasteiger partial charge is 0.497 e. The average molecular weight is 376 g/mol. The molecule has 1 saturated heterocycles. The number of rotatable bonds is 7. The number of nitrogens with one attached hydrogen (secondary N) is 1. The fourth-order valence-electron chi connectivity index (χ4n) is 3.19. The lowest BCUT2D eigenvalue weighted by atomic mass is 10.2. The van der Waals surface area contributed by atoms with Crippen molar-refractivity contribution in [3.05, 3.63) is 54.1 Å². The smallest absolute Gasteiger partial charge is 0.244 e. The van der Waals surface area contributed by atoms with Crippen molar-refractivity contribution in [3.8, 4) is 11.5 Å². The molecule has 0 amide bonds. The Labute approximate surface area is 154 Å². The summed E-state index contributed by atoms with van der Waals surface area (Å²) in [6.07, 6.45) is 0.776. The summed E-state index contributed by atoms with van der Waals surface area (Å²) in [6.45, 7) is 2.36. The molecule has 0 radical (unpaired) electrons. The first-order chi connectivity index (χ1) is 12.5. The van der Waals surface area contributed by atoms with Crippen molar-refractivity contribution < 1.29 is 17.9 Å². The molecule has 6 nitrogen and oxygen atoms in total. The van der Waals surface area contributed by atoms with Gasteiger partial charge in [0.15, 0.2) is 0 Å². The lowest BCUT2D eigenvalue weighted by Crippen LogP contribution is -2.37. The summed E-state index contributed by atoms with van der Waals surface area (Å²) in [5.41, 5.74) is 1.23. The van der Waals surface area contributed by atoms with Crippen molar-refractivity contribution in [1.29, 1.82) is 0 Å². The van der Waals surface area contributed by atoms with Crippen molar-refractivity contribution in [2.45, 2.75) is 23.9 Å². The van der Waals surface area contributed by atoms with Gasteiger partial charge in [0.25, 0.3) is 0 Å². The van der Waals surface area contributed by atoms with Crippen LogP contribution in [0.15, 0.2) is 53.4 Å². The molecule has 3 rings (SSSR count). The Bertz CT molecular complexity index is 840. The maximum Gasteiger partial charge on any atom is 0.244 e. The van der Waals surface area contributed by atoms with Gasteiger partial charge < -0.3 is 9.47 Å². The Balaban J connectivity index is 1.69. The van der Waals surface area contributed by atoms with E-state index in [4.69, 9.17) is 9.47 Å². The van der Waals surface area contributed by atoms with Gasteiger partial charge in [0.05, 0.1) is 14.2 Å². The van der Waals surface area contributed by atoms with Gasteiger partial charge in [-0.3, -0.25) is 4.90 Å². The van der Waals surface area contributed by atoms with Gasteiger partial charge in [0.1, 0.15) is 16.4 Å². The number of hydrogen-bond acceptors (Lipinski definition) is 5. The highest BCUT2D eigenvalue weighted by Gasteiger charge is 2.29. The predicted octanol–water partition coefficient (Wildman–Crippen LogP) is 2.26. The van der Waals surface area contributed by atoms with Crippen LogP contribution < -0.4 is 14.2 Å². The van der Waals surface area contributed by atoms with Crippen molar-refractivity contribution in [1.82, 2.24) is 9.62 Å². The van der Waals surface area contributed by atoms with Gasteiger partial charge in [-0.1, -0.05) is 30.3 Å². The van der Waals surface area contributed by atoms with Crippen LogP contribution >= 0.6 is 0 Å². The third-order valence-corrected chi connectivity index (χ3v) is 6.05. The lowest BCUT2D eigenvalue weighted by molar-refractivity contribution is 0.324. The Morgan fingerprint density at radius 1 is 1.12 bits per heavy atom. The predicted molar refractivity (Wildman–Crippen MR) is 100.0 cm³/mol. The molecule has 1 aliphatic heterocycles. The van der Waals surface area contributed by atoms with E-state index in [0.29, 0.717) is 18.0 Å². The molecule has 26 heavy (non-hydrogen) atoms. The maximum atomic E-state index is 12.8. The minimum absolute atomic E-state index is 0.0980. The molecular weight excluding hydrogens is 352 g/mol. The number of nitrogens with zero attached hydrogens (tertiary/aromatic N) is 1. The number of methoxy groups -OCH3 is 2. The standard InChI is InChI=1S/C19H24N2O4S/c1-24-17-8-9-18(25-2)19(12-17)26(22,23)20-16-10-11-21(14-16)13-15-6-4-3-5-7-15/h3-9,12,16,20H,10-11,13-14H2,1-2H3. The molecule has 1 fully saturated rings. The second-order valence-electron chi connectivity index (χ2n) is 6.34. The summed E-state index contributed by atoms with van der Waals surface area (Å²) in [5, 5.41) is 0. The van der Waals surface area contributed by atoms with Crippen LogP contribution in [-0.2, 0) is 16.6 Å². The van der Waals surface area contributed by atoms with Crippen molar-refractivity contribution in [2.24, 2.45) is 0 Å². The highest BCUT2D eigenvalue weighted by molar-refractivity contribution is 7.89. The normalized spacial score (nSPS) is 18.0. The number of sulfonamides is 1. The monoisotopic (exact) mass is 376 g/mol. The molecule has 2 aromatic rings. The first-order valence-corrected chi connectivity index (χ1v) is 10.0. The summed E-state index contributed by atoms with van der Waals surface area (Å²) in [4.78, 5) is 2.35. The summed E-state index contributed by atoms with van der Waals surface area (Å²) in [6, 6.07) is 14.8. The lowest BCUT2D eigenvalue weighted by Gasteiger charge is -2.18. The van der Waals surface area contributed by atoms with E-state index in [9.17, 15) is 8.42 Å². The van der Waals surface area contributed by atoms with Gasteiger partial charge in [-0.15, -0.1) is 0 Å². The van der Waals surface area contributed by atoms with E-state index >= 15 is 0 Å². The summed E-state index contributed by atoms with van der Waals surface area (Å²) in [5.74, 6) is 0.778. The van der Waals surface area contributed by atoms with Gasteiger partial charge in [-0.2, -0.15) is 0 Å². The van der Waals surface area contributed by atoms with Crippen LogP contribution in [0.25, 0.3) is 0 Å². The van der Waals surface area contributed by atoms with E-state index in [-0.39, 0.29) is 10.9 Å². The fourth-order valence-corrected chi connectivity index (χ4v) is 4.64. The second-order valence-corrected chi connectivity index (χ2v) is 8.03. The minimum atomic E-state index is -3.70. The number of likely N-dealkylation sites (tertiary alicyclic amines) is 1. The number of benzene rings is 2. The quantitative estimate of drug-likeness (QED) is 0.803. The molecule has 1 heterocycles. The Hall–Kier alpha value is -2.09. The molecule has 1 atom stereocenters. The Morgan fingerprint density at radius 2 is 1.88 bits per heavy atom. The topological polar surface area (TPSA) is 67.9 Å². The number of ether oxygens (including phenoxy) is 2. The zero-order chi connectivity index (χ0) is 18.6. The maximum absolute atomic E-state index is 12.8. The van der Waals surface area contributed by atoms with E-state index in [1.54, 1.807) is 12.1 Å². The third kappa shape index (κ3) is 4.35. The van der Waals surface area contributed by atoms with Crippen LogP contribution in [0.4, 0.5) is 0 Å². The van der Waals surface area contributed by atoms with Crippen molar-refractivity contribution in [3.63, 3.8) is 0 Å². The molecule has 0 bridgehead atoms. The molecule has 1 aliphatic rings. The minimum Gasteiger partial charge on any atom is -0.497 e. The first-order valence-electron chi connectivity index (χ1n) is 8.52. The van der Waals surface area contributed by atoms with Gasteiger partial charge >= 0.3 is 0 Å². The Kier molecular flexibility index (Phi) is 5.80. The van der Waals surface area contributed by atoms with Gasteiger partial charge in [-0.05, 0) is 24.1 Å². The zero-order valence-electron chi connectivity index (χ0n) is 15.0. The highest BCUT2D eigenvalue weighted by Crippen LogP contribution is 2.28. The van der Waals surface area contributed by atoms with E-state index in [1.165, 1.54) is 25.8 Å². The highest BCUT2D eigenvalue weighted by atomic mass is 32.2. The molecule has 1 N–H and O–H groups in total. The van der Waals surface area contributed by atoms with Crippen LogP contribution in [0, 0.1) is 0 Å². The van der Waals surface area contributed by atoms with Crippen LogP contribution in [0.5, 0.6) is 11.5 Å². The molecule has 2 aromatic carbocycles. The molecule has 140 valence electrons. The molecule has 0 saturated carbocycles. The van der Waals surface area contributed by atoms with E-state index < -0.39 is 10.0 Å². The molecule has 1 unspecified atom stereocenters. The van der Waals surface area contributed by atoms with Crippen molar-refractivity contribution in [2.75, 3.05) is 27.3 Å². The molecule has 0 spiro atoms. The van der Waals surface area contributed by atoms with Crippen LogP contribution in [0.1, 0.15) is 12.0 Å². The van der Waals surface area contributed by atoms with E-state index in [0.717, 1.165) is 19.5 Å². The molecule has 0 aliphatic carbocycles. The van der Waals surface area contributed by atoms with Crippen LogP contribution in [0.2, 0.25) is 0 Å². The SMILES string of the molecule is COc1ccc(OC)c(S(=O)(=O)NC2CCN(Cc3ccccc3)C2)c1. The zero-order valence-corrected chi connectivity index (χ0v) is 15.8.